The third kappa shape index (κ3) is 3.30. The fraction of sp³-hybridized carbons (Fsp3) is 0.222. The molecule has 0 aromatic heterocycles. The molecule has 1 radical (unpaired) electrons. The van der Waals surface area contributed by atoms with Gasteiger partial charge in [-0.25, -0.2) is 0 Å². The van der Waals surface area contributed by atoms with Gasteiger partial charge in [0.2, 0.25) is 0 Å². The van der Waals surface area contributed by atoms with E-state index in [-0.39, 0.29) is 0 Å². The van der Waals surface area contributed by atoms with E-state index in [2.05, 4.69) is 41.1 Å². The van der Waals surface area contributed by atoms with Gasteiger partial charge in [-0.05, 0) is 30.4 Å². The number of rotatable bonds is 3. The fourth-order valence-electron chi connectivity index (χ4n) is 0.747. The summed E-state index contributed by atoms with van der Waals surface area (Å²) in [5, 5.41) is 0. The van der Waals surface area contributed by atoms with E-state index >= 15 is 0 Å². The number of thioether (sulfide) groups is 1. The topological polar surface area (TPSA) is 0 Å². The van der Waals surface area contributed by atoms with Gasteiger partial charge in [-0.2, -0.15) is 0 Å². The van der Waals surface area contributed by atoms with Crippen molar-refractivity contribution in [2.75, 3.05) is 5.75 Å². The second-order valence-electron chi connectivity index (χ2n) is 2.16. The van der Waals surface area contributed by atoms with Crippen molar-refractivity contribution >= 4 is 27.7 Å². The zero-order chi connectivity index (χ0) is 8.10. The zero-order valence-corrected chi connectivity index (χ0v) is 8.62. The van der Waals surface area contributed by atoms with Crippen molar-refractivity contribution in [2.45, 2.75) is 11.3 Å². The normalized spacial score (nSPS) is 10.0. The molecule has 0 saturated heterocycles. The van der Waals surface area contributed by atoms with Crippen LogP contribution in [-0.2, 0) is 0 Å². The molecule has 1 rings (SSSR count). The van der Waals surface area contributed by atoms with Crippen molar-refractivity contribution in [2.24, 2.45) is 0 Å². The van der Waals surface area contributed by atoms with Gasteiger partial charge in [0.15, 0.2) is 0 Å². The molecule has 0 aliphatic carbocycles. The van der Waals surface area contributed by atoms with Crippen molar-refractivity contribution < 1.29 is 0 Å². The van der Waals surface area contributed by atoms with Gasteiger partial charge in [0.1, 0.15) is 0 Å². The predicted octanol–water partition coefficient (Wildman–Crippen LogP) is 3.77. The van der Waals surface area contributed by atoms with Crippen LogP contribution in [0.1, 0.15) is 6.42 Å². The molecule has 0 spiro atoms. The fourth-order valence-corrected chi connectivity index (χ4v) is 2.06. The van der Waals surface area contributed by atoms with Gasteiger partial charge < -0.3 is 0 Å². The van der Waals surface area contributed by atoms with Gasteiger partial charge in [-0.15, -0.1) is 11.8 Å². The molecule has 0 atom stereocenters. The summed E-state index contributed by atoms with van der Waals surface area (Å²) >= 11 is 5.27. The summed E-state index contributed by atoms with van der Waals surface area (Å²) in [7, 11) is 0. The van der Waals surface area contributed by atoms with Crippen LogP contribution in [-0.4, -0.2) is 5.75 Å². The van der Waals surface area contributed by atoms with E-state index in [1.54, 1.807) is 0 Å². The molecule has 0 aliphatic rings. The third-order valence-electron chi connectivity index (χ3n) is 1.21. The molecule has 0 heterocycles. The van der Waals surface area contributed by atoms with Crippen LogP contribution in [0.5, 0.6) is 0 Å². The second-order valence-corrected chi connectivity index (χ2v) is 4.24. The minimum atomic E-state index is 0.983. The lowest BCUT2D eigenvalue weighted by molar-refractivity contribution is 1.24. The van der Waals surface area contributed by atoms with Crippen molar-refractivity contribution in [3.05, 3.63) is 35.7 Å². The maximum atomic E-state index is 3.79. The Hall–Kier alpha value is 0.0500. The van der Waals surface area contributed by atoms with Gasteiger partial charge in [-0.1, -0.05) is 28.9 Å². The first-order valence-electron chi connectivity index (χ1n) is 3.50. The Morgan fingerprint density at radius 1 is 1.45 bits per heavy atom. The molecule has 0 saturated carbocycles. The minimum Gasteiger partial charge on any atom is -0.126 e. The Labute approximate surface area is 80.5 Å². The van der Waals surface area contributed by atoms with E-state index < -0.39 is 0 Å². The monoisotopic (exact) mass is 229 g/mol. The molecule has 0 aliphatic heterocycles. The SMILES string of the molecule is [CH2]CCSc1cccc(Br)c1. The minimum absolute atomic E-state index is 0.983. The molecule has 1 aromatic rings. The molecule has 0 amide bonds. The molecule has 11 heavy (non-hydrogen) atoms. The Morgan fingerprint density at radius 2 is 2.27 bits per heavy atom. The van der Waals surface area contributed by atoms with Crippen LogP contribution in [0, 0.1) is 6.92 Å². The van der Waals surface area contributed by atoms with Gasteiger partial charge in [-0.3, -0.25) is 0 Å². The highest BCUT2D eigenvalue weighted by Gasteiger charge is 1.92. The van der Waals surface area contributed by atoms with Crippen molar-refractivity contribution in [1.82, 2.24) is 0 Å². The highest BCUT2D eigenvalue weighted by Crippen LogP contribution is 2.21. The van der Waals surface area contributed by atoms with E-state index in [1.165, 1.54) is 4.90 Å². The van der Waals surface area contributed by atoms with E-state index in [1.807, 2.05) is 17.8 Å². The number of benzene rings is 1. The average Bonchev–Trinajstić information content (AvgIpc) is 2.01. The summed E-state index contributed by atoms with van der Waals surface area (Å²) in [6.45, 7) is 3.79. The molecule has 0 bridgehead atoms. The molecule has 0 unspecified atom stereocenters. The van der Waals surface area contributed by atoms with E-state index in [0.717, 1.165) is 16.6 Å². The first kappa shape index (κ1) is 9.14. The molecule has 1 aromatic carbocycles. The molecular weight excluding hydrogens is 220 g/mol. The summed E-state index contributed by atoms with van der Waals surface area (Å²) in [6.07, 6.45) is 0.983. The van der Waals surface area contributed by atoms with Crippen LogP contribution in [0.15, 0.2) is 33.6 Å². The summed E-state index contributed by atoms with van der Waals surface area (Å²) in [5.74, 6) is 1.09. The maximum absolute atomic E-state index is 3.79. The number of hydrogen-bond donors (Lipinski definition) is 0. The summed E-state index contributed by atoms with van der Waals surface area (Å²) in [4.78, 5) is 1.31. The van der Waals surface area contributed by atoms with Crippen molar-refractivity contribution in [3.8, 4) is 0 Å². The Balaban J connectivity index is 2.56. The highest BCUT2D eigenvalue weighted by atomic mass is 79.9. The average molecular weight is 230 g/mol. The molecule has 0 N–H and O–H groups in total. The van der Waals surface area contributed by atoms with Crippen LogP contribution >= 0.6 is 27.7 Å². The van der Waals surface area contributed by atoms with E-state index in [0.29, 0.717) is 0 Å². The van der Waals surface area contributed by atoms with Crippen LogP contribution in [0.2, 0.25) is 0 Å². The lowest BCUT2D eigenvalue weighted by atomic mass is 10.4. The van der Waals surface area contributed by atoms with Gasteiger partial charge in [0, 0.05) is 9.37 Å². The molecule has 0 nitrogen and oxygen atoms in total. The van der Waals surface area contributed by atoms with Crippen LogP contribution in [0.25, 0.3) is 0 Å². The van der Waals surface area contributed by atoms with Crippen molar-refractivity contribution in [1.29, 1.82) is 0 Å². The molecule has 2 heteroatoms. The first-order chi connectivity index (χ1) is 5.33. The number of hydrogen-bond acceptors (Lipinski definition) is 1. The standard InChI is InChI=1S/C9H10BrS/c1-2-6-11-9-5-3-4-8(10)7-9/h3-5,7H,1-2,6H2. The smallest absolute Gasteiger partial charge is 0.0186 e. The van der Waals surface area contributed by atoms with E-state index in [9.17, 15) is 0 Å². The first-order valence-corrected chi connectivity index (χ1v) is 5.28. The van der Waals surface area contributed by atoms with Crippen molar-refractivity contribution in [3.63, 3.8) is 0 Å². The summed E-state index contributed by atoms with van der Waals surface area (Å²) < 4.78 is 1.14. The lowest BCUT2D eigenvalue weighted by Gasteiger charge is -1.98. The van der Waals surface area contributed by atoms with Gasteiger partial charge in [0.25, 0.3) is 0 Å². The zero-order valence-electron chi connectivity index (χ0n) is 6.22. The number of halogens is 1. The Kier molecular flexibility index (Phi) is 4.02. The molecular formula is C9H10BrS. The summed E-state index contributed by atoms with van der Waals surface area (Å²) in [5.41, 5.74) is 0. The molecule has 59 valence electrons. The second kappa shape index (κ2) is 4.83. The largest absolute Gasteiger partial charge is 0.126 e. The molecule has 0 fully saturated rings. The Bertz CT molecular complexity index is 223. The van der Waals surface area contributed by atoms with Crippen LogP contribution in [0.4, 0.5) is 0 Å². The Morgan fingerprint density at radius 3 is 2.91 bits per heavy atom. The van der Waals surface area contributed by atoms with Crippen LogP contribution in [0.3, 0.4) is 0 Å². The quantitative estimate of drug-likeness (QED) is 0.712. The van der Waals surface area contributed by atoms with Gasteiger partial charge >= 0.3 is 0 Å². The van der Waals surface area contributed by atoms with Gasteiger partial charge in [0.05, 0.1) is 0 Å². The lowest BCUT2D eigenvalue weighted by Crippen LogP contribution is -1.75. The van der Waals surface area contributed by atoms with E-state index in [4.69, 9.17) is 0 Å². The third-order valence-corrected chi connectivity index (χ3v) is 2.78. The highest BCUT2D eigenvalue weighted by molar-refractivity contribution is 9.10. The maximum Gasteiger partial charge on any atom is 0.0186 e. The predicted molar refractivity (Wildman–Crippen MR) is 54.8 cm³/mol. The van der Waals surface area contributed by atoms with Crippen LogP contribution < -0.4 is 0 Å². The summed E-state index contributed by atoms with van der Waals surface area (Å²) in [6, 6.07) is 8.33.